The van der Waals surface area contributed by atoms with E-state index in [0.717, 1.165) is 68.5 Å². The maximum atomic E-state index is 13.4. The molecule has 0 radical (unpaired) electrons. The van der Waals surface area contributed by atoms with Gasteiger partial charge >= 0.3 is 6.09 Å². The van der Waals surface area contributed by atoms with Crippen LogP contribution >= 0.6 is 11.8 Å². The number of benzene rings is 1. The van der Waals surface area contributed by atoms with Gasteiger partial charge in [-0.15, -0.1) is 11.8 Å². The Morgan fingerprint density at radius 2 is 2.06 bits per heavy atom. The molecule has 5 rings (SSSR count). The largest absolute Gasteiger partial charge is 0.443 e. The Kier molecular flexibility index (Phi) is 5.72. The Hall–Kier alpha value is -3.13. The fourth-order valence-electron chi connectivity index (χ4n) is 4.07. The van der Waals surface area contributed by atoms with Gasteiger partial charge in [0.15, 0.2) is 0 Å². The third kappa shape index (κ3) is 4.46. The van der Waals surface area contributed by atoms with Crippen LogP contribution in [0.1, 0.15) is 62.4 Å². The van der Waals surface area contributed by atoms with E-state index < -0.39 is 11.7 Å². The predicted octanol–water partition coefficient (Wildman–Crippen LogP) is 6.66. The average Bonchev–Trinajstić information content (AvgIpc) is 3.47. The summed E-state index contributed by atoms with van der Waals surface area (Å²) in [4.78, 5) is 23.6. The van der Waals surface area contributed by atoms with Crippen LogP contribution in [-0.4, -0.2) is 31.4 Å². The zero-order valence-corrected chi connectivity index (χ0v) is 20.9. The van der Waals surface area contributed by atoms with Crippen molar-refractivity contribution in [3.8, 4) is 11.1 Å². The van der Waals surface area contributed by atoms with Crippen molar-refractivity contribution in [2.24, 2.45) is 0 Å². The van der Waals surface area contributed by atoms with Crippen molar-refractivity contribution < 1.29 is 14.1 Å². The van der Waals surface area contributed by atoms with E-state index >= 15 is 0 Å². The second-order valence-electron chi connectivity index (χ2n) is 9.75. The number of pyridine rings is 1. The van der Waals surface area contributed by atoms with Crippen molar-refractivity contribution in [1.29, 1.82) is 0 Å². The van der Waals surface area contributed by atoms with Crippen LogP contribution in [0.4, 0.5) is 4.79 Å². The molecule has 0 unspecified atom stereocenters. The molecule has 8 heteroatoms. The van der Waals surface area contributed by atoms with Crippen molar-refractivity contribution in [1.82, 2.24) is 19.7 Å². The number of rotatable bonds is 5. The zero-order chi connectivity index (χ0) is 24.0. The summed E-state index contributed by atoms with van der Waals surface area (Å²) in [6.45, 7) is 9.48. The van der Waals surface area contributed by atoms with Crippen molar-refractivity contribution in [3.05, 3.63) is 59.5 Å². The molecule has 1 saturated carbocycles. The highest BCUT2D eigenvalue weighted by atomic mass is 32.2. The number of aromatic nitrogens is 4. The van der Waals surface area contributed by atoms with Gasteiger partial charge in [0.1, 0.15) is 22.7 Å². The van der Waals surface area contributed by atoms with Gasteiger partial charge in [0.25, 0.3) is 0 Å². The summed E-state index contributed by atoms with van der Waals surface area (Å²) in [5.41, 5.74) is 4.79. The molecule has 3 heterocycles. The molecule has 1 aliphatic rings. The number of carbonyl (C=O) groups excluding carboxylic acids is 1. The Morgan fingerprint density at radius 1 is 1.26 bits per heavy atom. The molecule has 0 aliphatic heterocycles. The number of fused-ring (bicyclic) bond motifs is 1. The Balaban J connectivity index is 1.69. The lowest BCUT2D eigenvalue weighted by atomic mass is 10.0. The number of ether oxygens (including phenoxy) is 1. The summed E-state index contributed by atoms with van der Waals surface area (Å²) in [5, 5.41) is 4.14. The highest BCUT2D eigenvalue weighted by Crippen LogP contribution is 2.44. The summed E-state index contributed by atoms with van der Waals surface area (Å²) in [6, 6.07) is 8.14. The van der Waals surface area contributed by atoms with E-state index in [1.165, 1.54) is 0 Å². The Labute approximate surface area is 202 Å². The van der Waals surface area contributed by atoms with Gasteiger partial charge in [0.2, 0.25) is 0 Å². The number of carbonyl (C=O) groups is 1. The first kappa shape index (κ1) is 22.7. The number of nitrogens with zero attached hydrogens (tertiary/aromatic N) is 4. The zero-order valence-electron chi connectivity index (χ0n) is 20.1. The molecule has 7 nitrogen and oxygen atoms in total. The first-order chi connectivity index (χ1) is 16.2. The SMILES string of the molecule is Cc1noc(C)c1-c1cc(SCc2cccnc2)c2nc(C3CC3)n(C(=O)OC(C)(C)C)c2c1. The van der Waals surface area contributed by atoms with Crippen LogP contribution in [0.25, 0.3) is 22.2 Å². The lowest BCUT2D eigenvalue weighted by molar-refractivity contribution is 0.0539. The molecular weight excluding hydrogens is 448 g/mol. The normalized spacial score (nSPS) is 14.0. The van der Waals surface area contributed by atoms with Crippen molar-refractivity contribution in [3.63, 3.8) is 0 Å². The van der Waals surface area contributed by atoms with Gasteiger partial charge in [-0.2, -0.15) is 0 Å². The van der Waals surface area contributed by atoms with Gasteiger partial charge in [0.05, 0.1) is 11.2 Å². The van der Waals surface area contributed by atoms with E-state index in [0.29, 0.717) is 0 Å². The predicted molar refractivity (Wildman–Crippen MR) is 132 cm³/mol. The highest BCUT2D eigenvalue weighted by Gasteiger charge is 2.34. The van der Waals surface area contributed by atoms with E-state index in [9.17, 15) is 4.79 Å². The fraction of sp³-hybridized carbons (Fsp3) is 0.385. The van der Waals surface area contributed by atoms with E-state index in [1.807, 2.05) is 52.9 Å². The van der Waals surface area contributed by atoms with Gasteiger partial charge in [-0.05, 0) is 76.8 Å². The molecule has 0 amide bonds. The molecule has 34 heavy (non-hydrogen) atoms. The smallest absolute Gasteiger partial charge is 0.420 e. The quantitative estimate of drug-likeness (QED) is 0.298. The van der Waals surface area contributed by atoms with Gasteiger partial charge in [-0.25, -0.2) is 14.3 Å². The monoisotopic (exact) mass is 476 g/mol. The van der Waals surface area contributed by atoms with E-state index in [1.54, 1.807) is 22.5 Å². The first-order valence-corrected chi connectivity index (χ1v) is 12.4. The molecule has 176 valence electrons. The topological polar surface area (TPSA) is 83.0 Å². The van der Waals surface area contributed by atoms with Crippen LogP contribution in [0.5, 0.6) is 0 Å². The minimum atomic E-state index is -0.606. The van der Waals surface area contributed by atoms with Crippen molar-refractivity contribution in [2.75, 3.05) is 0 Å². The van der Waals surface area contributed by atoms with Crippen LogP contribution in [0.2, 0.25) is 0 Å². The van der Waals surface area contributed by atoms with E-state index in [-0.39, 0.29) is 5.92 Å². The number of imidazole rings is 1. The standard InChI is InChI=1S/C26H28N4O3S/c1-15-22(16(2)33-29-15)19-11-20-23(21(12-19)34-14-17-7-6-10-27-13-17)28-24(18-8-9-18)30(20)25(31)32-26(3,4)5/h6-7,10-13,18H,8-9,14H2,1-5H3. The summed E-state index contributed by atoms with van der Waals surface area (Å²) >= 11 is 1.69. The third-order valence-electron chi connectivity index (χ3n) is 5.71. The maximum absolute atomic E-state index is 13.4. The maximum Gasteiger partial charge on any atom is 0.420 e. The van der Waals surface area contributed by atoms with Crippen LogP contribution in [-0.2, 0) is 10.5 Å². The molecule has 0 atom stereocenters. The van der Waals surface area contributed by atoms with Crippen molar-refractivity contribution >= 4 is 28.9 Å². The second-order valence-corrected chi connectivity index (χ2v) is 10.8. The summed E-state index contributed by atoms with van der Waals surface area (Å²) in [5.74, 6) is 2.54. The number of hydrogen-bond donors (Lipinski definition) is 0. The molecule has 1 aliphatic carbocycles. The van der Waals surface area contributed by atoms with E-state index in [2.05, 4.69) is 22.3 Å². The van der Waals surface area contributed by atoms with Crippen LogP contribution < -0.4 is 0 Å². The number of hydrogen-bond acceptors (Lipinski definition) is 7. The minimum absolute atomic E-state index is 0.276. The first-order valence-electron chi connectivity index (χ1n) is 11.5. The Bertz CT molecular complexity index is 1340. The number of aryl methyl sites for hydroxylation is 2. The molecule has 1 aromatic carbocycles. The minimum Gasteiger partial charge on any atom is -0.443 e. The lowest BCUT2D eigenvalue weighted by Crippen LogP contribution is -2.28. The fourth-order valence-corrected chi connectivity index (χ4v) is 5.06. The van der Waals surface area contributed by atoms with Gasteiger partial charge in [0, 0.05) is 34.5 Å². The number of thioether (sulfide) groups is 1. The third-order valence-corrected chi connectivity index (χ3v) is 6.81. The van der Waals surface area contributed by atoms with Gasteiger partial charge in [-0.1, -0.05) is 11.2 Å². The molecule has 0 saturated heterocycles. The highest BCUT2D eigenvalue weighted by molar-refractivity contribution is 7.98. The van der Waals surface area contributed by atoms with E-state index in [4.69, 9.17) is 14.2 Å². The molecule has 3 aromatic heterocycles. The summed E-state index contributed by atoms with van der Waals surface area (Å²) < 4.78 is 12.9. The Morgan fingerprint density at radius 3 is 2.68 bits per heavy atom. The average molecular weight is 477 g/mol. The molecule has 4 aromatic rings. The van der Waals surface area contributed by atoms with Crippen LogP contribution in [0.3, 0.4) is 0 Å². The van der Waals surface area contributed by atoms with Gasteiger partial charge in [-0.3, -0.25) is 4.98 Å². The lowest BCUT2D eigenvalue weighted by Gasteiger charge is -2.20. The molecule has 0 spiro atoms. The van der Waals surface area contributed by atoms with Crippen molar-refractivity contribution in [2.45, 2.75) is 69.6 Å². The summed E-state index contributed by atoms with van der Waals surface area (Å²) in [6.07, 6.45) is 5.31. The molecule has 0 bridgehead atoms. The van der Waals surface area contributed by atoms with Crippen LogP contribution in [0, 0.1) is 13.8 Å². The molecule has 1 fully saturated rings. The molecular formula is C26H28N4O3S. The molecule has 0 N–H and O–H groups in total. The summed E-state index contributed by atoms with van der Waals surface area (Å²) in [7, 11) is 0. The second kappa shape index (κ2) is 8.58. The van der Waals surface area contributed by atoms with Gasteiger partial charge < -0.3 is 9.26 Å². The van der Waals surface area contributed by atoms with Crippen LogP contribution in [0.15, 0.2) is 46.1 Å².